The van der Waals surface area contributed by atoms with E-state index in [1.54, 1.807) is 0 Å². The van der Waals surface area contributed by atoms with Gasteiger partial charge in [-0.3, -0.25) is 4.79 Å². The van der Waals surface area contributed by atoms with Gasteiger partial charge in [-0.25, -0.2) is 0 Å². The summed E-state index contributed by atoms with van der Waals surface area (Å²) in [7, 11) is -1.19. The van der Waals surface area contributed by atoms with Crippen molar-refractivity contribution >= 4 is 19.2 Å². The van der Waals surface area contributed by atoms with Crippen molar-refractivity contribution in [3.05, 3.63) is 29.8 Å². The Morgan fingerprint density at radius 1 is 1.26 bits per heavy atom. The van der Waals surface area contributed by atoms with Crippen LogP contribution in [0.5, 0.6) is 0 Å². The van der Waals surface area contributed by atoms with E-state index in [0.29, 0.717) is 12.5 Å². The van der Waals surface area contributed by atoms with E-state index in [1.165, 1.54) is 10.8 Å². The van der Waals surface area contributed by atoms with Gasteiger partial charge in [0, 0.05) is 25.6 Å². The van der Waals surface area contributed by atoms with E-state index in [-0.39, 0.29) is 5.91 Å². The molecule has 2 N–H and O–H groups in total. The van der Waals surface area contributed by atoms with Crippen molar-refractivity contribution in [2.45, 2.75) is 45.1 Å². The SMILES string of the molecule is C[Si](C)(C)c1ccc(CNC2CCC(=O)NC2)cc1. The number of benzene rings is 1. The highest BCUT2D eigenvalue weighted by Crippen LogP contribution is 2.07. The highest BCUT2D eigenvalue weighted by Gasteiger charge is 2.18. The van der Waals surface area contributed by atoms with E-state index < -0.39 is 8.07 Å². The molecule has 4 heteroatoms. The maximum Gasteiger partial charge on any atom is 0.220 e. The smallest absolute Gasteiger partial charge is 0.220 e. The first kappa shape index (κ1) is 14.3. The van der Waals surface area contributed by atoms with Crippen LogP contribution in [0.25, 0.3) is 0 Å². The Morgan fingerprint density at radius 3 is 2.47 bits per heavy atom. The van der Waals surface area contributed by atoms with Crippen molar-refractivity contribution in [1.82, 2.24) is 10.6 Å². The second-order valence-electron chi connectivity index (χ2n) is 6.37. The van der Waals surface area contributed by atoms with Crippen LogP contribution in [-0.2, 0) is 11.3 Å². The number of rotatable bonds is 4. The standard InChI is InChI=1S/C15H24N2OSi/c1-19(2,3)14-7-4-12(5-8-14)10-16-13-6-9-15(18)17-11-13/h4-5,7-8,13,16H,6,9-11H2,1-3H3,(H,17,18). The molecule has 1 aliphatic rings. The summed E-state index contributed by atoms with van der Waals surface area (Å²) in [6, 6.07) is 9.40. The summed E-state index contributed by atoms with van der Waals surface area (Å²) in [5.74, 6) is 0.178. The van der Waals surface area contributed by atoms with E-state index in [4.69, 9.17) is 0 Å². The average molecular weight is 276 g/mol. The maximum atomic E-state index is 11.1. The molecule has 1 unspecified atom stereocenters. The third-order valence-corrected chi connectivity index (χ3v) is 5.75. The van der Waals surface area contributed by atoms with Gasteiger partial charge in [0.1, 0.15) is 0 Å². The van der Waals surface area contributed by atoms with Crippen LogP contribution in [0.15, 0.2) is 24.3 Å². The third kappa shape index (κ3) is 4.18. The summed E-state index contributed by atoms with van der Waals surface area (Å²) < 4.78 is 0. The molecule has 2 rings (SSSR count). The van der Waals surface area contributed by atoms with Crippen LogP contribution in [0, 0.1) is 0 Å². The fourth-order valence-electron chi connectivity index (χ4n) is 2.29. The zero-order valence-corrected chi connectivity index (χ0v) is 13.1. The van der Waals surface area contributed by atoms with Gasteiger partial charge in [-0.15, -0.1) is 0 Å². The summed E-state index contributed by atoms with van der Waals surface area (Å²) in [6.45, 7) is 8.74. The summed E-state index contributed by atoms with van der Waals surface area (Å²) in [4.78, 5) is 11.1. The lowest BCUT2D eigenvalue weighted by molar-refractivity contribution is -0.122. The third-order valence-electron chi connectivity index (χ3n) is 3.68. The highest BCUT2D eigenvalue weighted by molar-refractivity contribution is 6.88. The lowest BCUT2D eigenvalue weighted by Gasteiger charge is -2.23. The summed E-state index contributed by atoms with van der Waals surface area (Å²) in [5.41, 5.74) is 1.32. The largest absolute Gasteiger partial charge is 0.355 e. The second-order valence-corrected chi connectivity index (χ2v) is 11.4. The average Bonchev–Trinajstić information content (AvgIpc) is 2.37. The molecule has 1 fully saturated rings. The molecular formula is C15H24N2OSi. The number of amides is 1. The predicted octanol–water partition coefficient (Wildman–Crippen LogP) is 1.60. The van der Waals surface area contributed by atoms with Crippen molar-refractivity contribution in [2.75, 3.05) is 6.54 Å². The van der Waals surface area contributed by atoms with E-state index >= 15 is 0 Å². The van der Waals surface area contributed by atoms with Gasteiger partial charge in [0.2, 0.25) is 5.91 Å². The molecule has 1 aromatic rings. The molecule has 0 spiro atoms. The van der Waals surface area contributed by atoms with E-state index in [9.17, 15) is 4.79 Å². The number of piperidine rings is 1. The molecule has 104 valence electrons. The van der Waals surface area contributed by atoms with Crippen molar-refractivity contribution in [3.8, 4) is 0 Å². The number of carbonyl (C=O) groups is 1. The van der Waals surface area contributed by atoms with Gasteiger partial charge >= 0.3 is 0 Å². The fourth-order valence-corrected chi connectivity index (χ4v) is 3.46. The van der Waals surface area contributed by atoms with Crippen LogP contribution < -0.4 is 15.8 Å². The van der Waals surface area contributed by atoms with Crippen molar-refractivity contribution in [1.29, 1.82) is 0 Å². The van der Waals surface area contributed by atoms with Crippen LogP contribution in [0.4, 0.5) is 0 Å². The first-order chi connectivity index (χ1) is 8.95. The fraction of sp³-hybridized carbons (Fsp3) is 0.533. The molecule has 1 atom stereocenters. The van der Waals surface area contributed by atoms with E-state index in [2.05, 4.69) is 54.5 Å². The van der Waals surface area contributed by atoms with Crippen LogP contribution in [0.3, 0.4) is 0 Å². The van der Waals surface area contributed by atoms with Crippen molar-refractivity contribution in [2.24, 2.45) is 0 Å². The Bertz CT molecular complexity index is 426. The minimum Gasteiger partial charge on any atom is -0.355 e. The Morgan fingerprint density at radius 2 is 1.95 bits per heavy atom. The van der Waals surface area contributed by atoms with Gasteiger partial charge in [-0.05, 0) is 12.0 Å². The van der Waals surface area contributed by atoms with Gasteiger partial charge in [0.25, 0.3) is 0 Å². The van der Waals surface area contributed by atoms with Crippen LogP contribution in [-0.4, -0.2) is 26.6 Å². The lowest BCUT2D eigenvalue weighted by Crippen LogP contribution is -2.45. The van der Waals surface area contributed by atoms with Crippen LogP contribution >= 0.6 is 0 Å². The summed E-state index contributed by atoms with van der Waals surface area (Å²) in [5, 5.41) is 7.92. The van der Waals surface area contributed by atoms with E-state index in [1.807, 2.05) is 0 Å². The Hall–Kier alpha value is -1.13. The lowest BCUT2D eigenvalue weighted by atomic mass is 10.1. The highest BCUT2D eigenvalue weighted by atomic mass is 28.3. The first-order valence-electron chi connectivity index (χ1n) is 7.04. The first-order valence-corrected chi connectivity index (χ1v) is 10.5. The Balaban J connectivity index is 1.85. The number of carbonyl (C=O) groups excluding carboxylic acids is 1. The topological polar surface area (TPSA) is 41.1 Å². The molecule has 1 saturated heterocycles. The minimum absolute atomic E-state index is 0.178. The normalized spacial score (nSPS) is 20.2. The molecule has 0 aromatic heterocycles. The summed E-state index contributed by atoms with van der Waals surface area (Å²) in [6.07, 6.45) is 1.59. The van der Waals surface area contributed by atoms with Crippen LogP contribution in [0.1, 0.15) is 18.4 Å². The number of hydrogen-bond acceptors (Lipinski definition) is 2. The van der Waals surface area contributed by atoms with Crippen LogP contribution in [0.2, 0.25) is 19.6 Å². The zero-order valence-electron chi connectivity index (χ0n) is 12.1. The molecule has 1 heterocycles. The molecule has 19 heavy (non-hydrogen) atoms. The molecule has 1 aromatic carbocycles. The van der Waals surface area contributed by atoms with Gasteiger partial charge in [-0.1, -0.05) is 49.1 Å². The second kappa shape index (κ2) is 5.88. The van der Waals surface area contributed by atoms with Crippen molar-refractivity contribution < 1.29 is 4.79 Å². The maximum absolute atomic E-state index is 11.1. The molecule has 1 amide bonds. The number of nitrogens with one attached hydrogen (secondary N) is 2. The van der Waals surface area contributed by atoms with Gasteiger partial charge in [0.05, 0.1) is 8.07 Å². The van der Waals surface area contributed by atoms with Gasteiger partial charge in [-0.2, -0.15) is 0 Å². The predicted molar refractivity (Wildman–Crippen MR) is 82.3 cm³/mol. The molecule has 3 nitrogen and oxygen atoms in total. The molecule has 1 aliphatic heterocycles. The Kier molecular flexibility index (Phi) is 4.42. The van der Waals surface area contributed by atoms with Crippen molar-refractivity contribution in [3.63, 3.8) is 0 Å². The summed E-state index contributed by atoms with van der Waals surface area (Å²) >= 11 is 0. The van der Waals surface area contributed by atoms with E-state index in [0.717, 1.165) is 19.5 Å². The molecule has 0 bridgehead atoms. The minimum atomic E-state index is -1.19. The van der Waals surface area contributed by atoms with Gasteiger partial charge < -0.3 is 10.6 Å². The molecule has 0 aliphatic carbocycles. The Labute approximate surface area is 116 Å². The number of hydrogen-bond donors (Lipinski definition) is 2. The quantitative estimate of drug-likeness (QED) is 0.820. The van der Waals surface area contributed by atoms with Gasteiger partial charge in [0.15, 0.2) is 0 Å². The molecular weight excluding hydrogens is 252 g/mol. The molecule has 0 saturated carbocycles. The monoisotopic (exact) mass is 276 g/mol. The molecule has 0 radical (unpaired) electrons. The zero-order chi connectivity index (χ0) is 13.9.